The molecule has 1 heterocycles. The molecule has 2 aromatic carbocycles. The second kappa shape index (κ2) is 9.09. The third-order valence-corrected chi connectivity index (χ3v) is 5.46. The number of benzene rings is 2. The van der Waals surface area contributed by atoms with E-state index in [2.05, 4.69) is 53.6 Å². The van der Waals surface area contributed by atoms with E-state index in [9.17, 15) is 0 Å². The van der Waals surface area contributed by atoms with Gasteiger partial charge in [-0.05, 0) is 79.9 Å². The number of anilines is 2. The first kappa shape index (κ1) is 19.5. The van der Waals surface area contributed by atoms with Crippen LogP contribution in [0.4, 0.5) is 11.4 Å². The van der Waals surface area contributed by atoms with Crippen molar-refractivity contribution in [3.05, 3.63) is 54.1 Å². The van der Waals surface area contributed by atoms with Gasteiger partial charge >= 0.3 is 0 Å². The Bertz CT molecular complexity index is 737. The second-order valence-corrected chi connectivity index (χ2v) is 7.72. The first-order chi connectivity index (χ1) is 13.0. The maximum Gasteiger partial charge on any atom is 0.171 e. The van der Waals surface area contributed by atoms with E-state index in [1.807, 2.05) is 24.3 Å². The second-order valence-electron chi connectivity index (χ2n) is 7.31. The maximum atomic E-state index is 5.45. The van der Waals surface area contributed by atoms with Crippen molar-refractivity contribution < 1.29 is 4.74 Å². The van der Waals surface area contributed by atoms with Gasteiger partial charge in [0.25, 0.3) is 0 Å². The van der Waals surface area contributed by atoms with E-state index in [1.54, 1.807) is 7.11 Å². The number of hydrogen-bond acceptors (Lipinski definition) is 3. The molecule has 27 heavy (non-hydrogen) atoms. The van der Waals surface area contributed by atoms with Gasteiger partial charge in [-0.15, -0.1) is 0 Å². The molecule has 0 amide bonds. The lowest BCUT2D eigenvalue weighted by Gasteiger charge is -2.32. The van der Waals surface area contributed by atoms with Crippen LogP contribution in [0.2, 0.25) is 0 Å². The van der Waals surface area contributed by atoms with Crippen molar-refractivity contribution in [3.63, 3.8) is 0 Å². The molecule has 1 atom stereocenters. The Balaban J connectivity index is 1.53. The number of ether oxygens (including phenoxy) is 1. The van der Waals surface area contributed by atoms with Gasteiger partial charge in [0.05, 0.1) is 13.2 Å². The molecule has 5 heteroatoms. The van der Waals surface area contributed by atoms with E-state index in [0.29, 0.717) is 5.11 Å². The summed E-state index contributed by atoms with van der Waals surface area (Å²) in [6.45, 7) is 6.78. The van der Waals surface area contributed by atoms with E-state index < -0.39 is 0 Å². The van der Waals surface area contributed by atoms with Gasteiger partial charge < -0.3 is 20.3 Å². The molecule has 2 N–H and O–H groups in total. The molecular weight excluding hydrogens is 354 g/mol. The van der Waals surface area contributed by atoms with Gasteiger partial charge in [0.2, 0.25) is 0 Å². The van der Waals surface area contributed by atoms with Crippen molar-refractivity contribution in [3.8, 4) is 5.75 Å². The largest absolute Gasteiger partial charge is 0.497 e. The number of rotatable bonds is 5. The zero-order valence-corrected chi connectivity index (χ0v) is 17.2. The lowest BCUT2D eigenvalue weighted by molar-refractivity contribution is 0.415. The molecule has 0 aromatic heterocycles. The molecule has 0 bridgehead atoms. The highest BCUT2D eigenvalue weighted by molar-refractivity contribution is 7.80. The van der Waals surface area contributed by atoms with Crippen LogP contribution in [0.15, 0.2) is 48.5 Å². The summed E-state index contributed by atoms with van der Waals surface area (Å²) >= 11 is 5.45. The number of thiocarbonyl (C=S) groups is 1. The monoisotopic (exact) mass is 383 g/mol. The molecule has 1 fully saturated rings. The Morgan fingerprint density at radius 1 is 1.07 bits per heavy atom. The number of hydrogen-bond donors (Lipinski definition) is 2. The third kappa shape index (κ3) is 5.36. The van der Waals surface area contributed by atoms with Crippen molar-refractivity contribution in [2.75, 3.05) is 30.4 Å². The average Bonchev–Trinajstić information content (AvgIpc) is 2.69. The molecule has 0 radical (unpaired) electrons. The molecule has 0 spiro atoms. The molecule has 2 aromatic rings. The fraction of sp³-hybridized carbons (Fsp3) is 0.409. The summed E-state index contributed by atoms with van der Waals surface area (Å²) in [7, 11) is 1.66. The van der Waals surface area contributed by atoms with Gasteiger partial charge in [-0.2, -0.15) is 0 Å². The van der Waals surface area contributed by atoms with Crippen LogP contribution in [0.1, 0.15) is 38.3 Å². The van der Waals surface area contributed by atoms with Crippen LogP contribution in [0, 0.1) is 5.92 Å². The Morgan fingerprint density at radius 2 is 1.70 bits per heavy atom. The standard InChI is InChI=1S/C22H29N3OS/c1-16-12-14-25(15-13-16)20-8-4-18(5-9-20)17(2)23-22(27)24-19-6-10-21(26-3)11-7-19/h4-11,16-17H,12-15H2,1-3H3,(H2,23,24,27). The topological polar surface area (TPSA) is 36.5 Å². The van der Waals surface area contributed by atoms with Crippen LogP contribution < -0.4 is 20.3 Å². The minimum absolute atomic E-state index is 0.138. The highest BCUT2D eigenvalue weighted by Crippen LogP contribution is 2.24. The molecule has 4 nitrogen and oxygen atoms in total. The SMILES string of the molecule is COc1ccc(NC(=S)NC(C)c2ccc(N3CCC(C)CC3)cc2)cc1. The average molecular weight is 384 g/mol. The molecule has 1 unspecified atom stereocenters. The summed E-state index contributed by atoms with van der Waals surface area (Å²) in [6.07, 6.45) is 2.57. The summed E-state index contributed by atoms with van der Waals surface area (Å²) in [5.74, 6) is 1.68. The summed E-state index contributed by atoms with van der Waals surface area (Å²) in [5.41, 5.74) is 3.48. The third-order valence-electron chi connectivity index (χ3n) is 5.24. The number of nitrogens with one attached hydrogen (secondary N) is 2. The minimum Gasteiger partial charge on any atom is -0.497 e. The van der Waals surface area contributed by atoms with Crippen LogP contribution in [0.5, 0.6) is 5.75 Å². The van der Waals surface area contributed by atoms with E-state index in [4.69, 9.17) is 17.0 Å². The quantitative estimate of drug-likeness (QED) is 0.712. The molecule has 0 aliphatic carbocycles. The normalized spacial score (nSPS) is 15.9. The van der Waals surface area contributed by atoms with Crippen molar-refractivity contribution in [2.24, 2.45) is 5.92 Å². The van der Waals surface area contributed by atoms with E-state index in [1.165, 1.54) is 24.1 Å². The molecule has 3 rings (SSSR count). The lowest BCUT2D eigenvalue weighted by Crippen LogP contribution is -2.33. The smallest absolute Gasteiger partial charge is 0.171 e. The summed E-state index contributed by atoms with van der Waals surface area (Å²) in [4.78, 5) is 2.48. The number of piperidine rings is 1. The molecular formula is C22H29N3OS. The van der Waals surface area contributed by atoms with Gasteiger partial charge in [-0.3, -0.25) is 0 Å². The predicted octanol–water partition coefficient (Wildman–Crippen LogP) is 4.98. The number of methoxy groups -OCH3 is 1. The molecule has 1 saturated heterocycles. The highest BCUT2D eigenvalue weighted by atomic mass is 32.1. The van der Waals surface area contributed by atoms with Crippen LogP contribution in [0.3, 0.4) is 0 Å². The van der Waals surface area contributed by atoms with Gasteiger partial charge in [-0.25, -0.2) is 0 Å². The first-order valence-corrected chi connectivity index (χ1v) is 10.0. The Kier molecular flexibility index (Phi) is 6.56. The first-order valence-electron chi connectivity index (χ1n) is 9.61. The summed E-state index contributed by atoms with van der Waals surface area (Å²) < 4.78 is 5.18. The zero-order chi connectivity index (χ0) is 19.2. The molecule has 1 aliphatic rings. The van der Waals surface area contributed by atoms with E-state index >= 15 is 0 Å². The molecule has 0 saturated carbocycles. The minimum atomic E-state index is 0.138. The lowest BCUT2D eigenvalue weighted by atomic mass is 9.98. The number of nitrogens with zero attached hydrogens (tertiary/aromatic N) is 1. The van der Waals surface area contributed by atoms with Crippen LogP contribution >= 0.6 is 12.2 Å². The van der Waals surface area contributed by atoms with Gasteiger partial charge in [0, 0.05) is 24.5 Å². The Labute approximate surface area is 167 Å². The van der Waals surface area contributed by atoms with E-state index in [-0.39, 0.29) is 6.04 Å². The van der Waals surface area contributed by atoms with Crippen LogP contribution in [0.25, 0.3) is 0 Å². The van der Waals surface area contributed by atoms with Crippen molar-refractivity contribution >= 4 is 28.7 Å². The van der Waals surface area contributed by atoms with Gasteiger partial charge in [0.1, 0.15) is 5.75 Å². The van der Waals surface area contributed by atoms with Crippen LogP contribution in [-0.4, -0.2) is 25.3 Å². The van der Waals surface area contributed by atoms with Crippen molar-refractivity contribution in [1.82, 2.24) is 5.32 Å². The van der Waals surface area contributed by atoms with Crippen molar-refractivity contribution in [2.45, 2.75) is 32.7 Å². The zero-order valence-electron chi connectivity index (χ0n) is 16.4. The highest BCUT2D eigenvalue weighted by Gasteiger charge is 2.16. The molecule has 1 aliphatic heterocycles. The van der Waals surface area contributed by atoms with Gasteiger partial charge in [0.15, 0.2) is 5.11 Å². The Morgan fingerprint density at radius 3 is 2.30 bits per heavy atom. The predicted molar refractivity (Wildman–Crippen MR) is 118 cm³/mol. The van der Waals surface area contributed by atoms with Crippen molar-refractivity contribution in [1.29, 1.82) is 0 Å². The summed E-state index contributed by atoms with van der Waals surface area (Å²) in [6, 6.07) is 16.7. The maximum absolute atomic E-state index is 5.45. The fourth-order valence-corrected chi connectivity index (χ4v) is 3.66. The Hall–Kier alpha value is -2.27. The van der Waals surface area contributed by atoms with Crippen LogP contribution in [-0.2, 0) is 0 Å². The van der Waals surface area contributed by atoms with E-state index in [0.717, 1.165) is 30.4 Å². The molecule has 144 valence electrons. The fourth-order valence-electron chi connectivity index (χ4n) is 3.36. The summed E-state index contributed by atoms with van der Waals surface area (Å²) in [5, 5.41) is 7.18. The van der Waals surface area contributed by atoms with Gasteiger partial charge in [-0.1, -0.05) is 19.1 Å².